The highest BCUT2D eigenvalue weighted by Gasteiger charge is 2.10. The number of amides is 1. The molecule has 0 bridgehead atoms. The number of anilines is 1. The van der Waals surface area contributed by atoms with Gasteiger partial charge in [-0.3, -0.25) is 4.79 Å². The van der Waals surface area contributed by atoms with Crippen LogP contribution in [0.5, 0.6) is 5.75 Å². The smallest absolute Gasteiger partial charge is 0.266 e. The van der Waals surface area contributed by atoms with Crippen molar-refractivity contribution < 1.29 is 9.53 Å². The van der Waals surface area contributed by atoms with Gasteiger partial charge in [0.25, 0.3) is 5.91 Å². The average molecular weight is 387 g/mol. The van der Waals surface area contributed by atoms with Gasteiger partial charge in [0, 0.05) is 12.1 Å². The predicted molar refractivity (Wildman–Crippen MR) is 114 cm³/mol. The van der Waals surface area contributed by atoms with E-state index < -0.39 is 5.91 Å². The van der Waals surface area contributed by atoms with E-state index in [1.165, 1.54) is 11.6 Å². The van der Waals surface area contributed by atoms with Gasteiger partial charge in [-0.1, -0.05) is 37.6 Å². The largest absolute Gasteiger partial charge is 0.494 e. The van der Waals surface area contributed by atoms with Crippen molar-refractivity contribution in [3.05, 3.63) is 65.2 Å². The maximum atomic E-state index is 12.5. The minimum absolute atomic E-state index is 0.0155. The first-order valence-corrected chi connectivity index (χ1v) is 9.78. The van der Waals surface area contributed by atoms with Crippen LogP contribution in [0, 0.1) is 22.7 Å². The Morgan fingerprint density at radius 2 is 1.93 bits per heavy atom. The molecule has 29 heavy (non-hydrogen) atoms. The first-order chi connectivity index (χ1) is 14.2. The number of unbranched alkanes of at least 4 members (excludes halogenated alkanes) is 2. The molecule has 5 heteroatoms. The maximum absolute atomic E-state index is 12.5. The zero-order valence-corrected chi connectivity index (χ0v) is 16.6. The van der Waals surface area contributed by atoms with E-state index >= 15 is 0 Å². The molecule has 0 radical (unpaired) electrons. The molecule has 0 aliphatic heterocycles. The van der Waals surface area contributed by atoms with Gasteiger partial charge in [-0.15, -0.1) is 0 Å². The average Bonchev–Trinajstić information content (AvgIpc) is 2.75. The van der Waals surface area contributed by atoms with Gasteiger partial charge < -0.3 is 10.1 Å². The lowest BCUT2D eigenvalue weighted by Gasteiger charge is -2.07. The Morgan fingerprint density at radius 3 is 2.62 bits per heavy atom. The number of ether oxygens (including phenoxy) is 1. The minimum Gasteiger partial charge on any atom is -0.494 e. The summed E-state index contributed by atoms with van der Waals surface area (Å²) in [5.41, 5.74) is 2.60. The number of nitriles is 2. The molecule has 2 rings (SSSR count). The normalized spacial score (nSPS) is 10.7. The highest BCUT2D eigenvalue weighted by Crippen LogP contribution is 2.18. The van der Waals surface area contributed by atoms with Gasteiger partial charge in [-0.05, 0) is 60.7 Å². The molecule has 0 aliphatic rings. The number of carbonyl (C=O) groups is 1. The van der Waals surface area contributed by atoms with Crippen molar-refractivity contribution in [2.24, 2.45) is 0 Å². The number of benzene rings is 2. The summed E-state index contributed by atoms with van der Waals surface area (Å²) in [5.74, 6) is 0.186. The van der Waals surface area contributed by atoms with Crippen molar-refractivity contribution in [3.8, 4) is 17.9 Å². The number of rotatable bonds is 10. The third-order valence-electron chi connectivity index (χ3n) is 4.27. The van der Waals surface area contributed by atoms with Crippen LogP contribution >= 0.6 is 0 Å². The minimum atomic E-state index is -0.450. The van der Waals surface area contributed by atoms with Gasteiger partial charge in [0.2, 0.25) is 0 Å². The Kier molecular flexibility index (Phi) is 8.99. The van der Waals surface area contributed by atoms with Crippen LogP contribution in [0.1, 0.15) is 43.7 Å². The number of hydrogen-bond donors (Lipinski definition) is 1. The lowest BCUT2D eigenvalue weighted by Crippen LogP contribution is -2.13. The third-order valence-corrected chi connectivity index (χ3v) is 4.27. The molecule has 1 amide bonds. The van der Waals surface area contributed by atoms with E-state index in [0.717, 1.165) is 19.3 Å². The van der Waals surface area contributed by atoms with E-state index in [1.54, 1.807) is 24.3 Å². The van der Waals surface area contributed by atoms with Gasteiger partial charge in [0.15, 0.2) is 0 Å². The number of hydrogen-bond acceptors (Lipinski definition) is 4. The summed E-state index contributed by atoms with van der Waals surface area (Å²) in [6.45, 7) is 2.60. The molecule has 0 fully saturated rings. The Bertz CT molecular complexity index is 918. The zero-order chi connectivity index (χ0) is 20.9. The summed E-state index contributed by atoms with van der Waals surface area (Å²) in [7, 11) is 0. The molecule has 0 heterocycles. The fourth-order valence-corrected chi connectivity index (χ4v) is 2.68. The molecule has 148 valence electrons. The van der Waals surface area contributed by atoms with Crippen molar-refractivity contribution >= 4 is 17.7 Å². The Labute approximate surface area is 172 Å². The molecule has 2 aromatic carbocycles. The molecular formula is C24H25N3O2. The molecule has 2 aromatic rings. The highest BCUT2D eigenvalue weighted by atomic mass is 16.5. The number of carbonyl (C=O) groups excluding carboxylic acids is 1. The maximum Gasteiger partial charge on any atom is 0.266 e. The van der Waals surface area contributed by atoms with Crippen molar-refractivity contribution in [1.82, 2.24) is 0 Å². The Hall–Kier alpha value is -3.57. The van der Waals surface area contributed by atoms with Crippen molar-refractivity contribution in [3.63, 3.8) is 0 Å². The van der Waals surface area contributed by atoms with Crippen LogP contribution in [-0.2, 0) is 11.2 Å². The first-order valence-electron chi connectivity index (χ1n) is 9.78. The van der Waals surface area contributed by atoms with Gasteiger partial charge in [-0.2, -0.15) is 10.5 Å². The standard InChI is InChI=1S/C24H25N3O2/c1-2-3-7-19-10-12-22(13-11-19)27-24(28)21(18-26)16-20-8-6-9-23(17-20)29-15-5-4-14-25/h6,8-13,16-17H,2-5,7,15H2,1H3,(H,27,28)/b21-16-. The second-order valence-corrected chi connectivity index (χ2v) is 6.61. The molecule has 5 nitrogen and oxygen atoms in total. The van der Waals surface area contributed by atoms with Crippen molar-refractivity contribution in [2.75, 3.05) is 11.9 Å². The van der Waals surface area contributed by atoms with Gasteiger partial charge in [-0.25, -0.2) is 0 Å². The van der Waals surface area contributed by atoms with Crippen molar-refractivity contribution in [2.45, 2.75) is 39.0 Å². The van der Waals surface area contributed by atoms with E-state index in [1.807, 2.05) is 30.3 Å². The number of nitrogens with one attached hydrogen (secondary N) is 1. The van der Waals surface area contributed by atoms with Crippen LogP contribution in [0.25, 0.3) is 6.08 Å². The van der Waals surface area contributed by atoms with Crippen LogP contribution in [0.3, 0.4) is 0 Å². The number of aryl methyl sites for hydroxylation is 1. The molecule has 0 atom stereocenters. The molecule has 0 aromatic heterocycles. The quantitative estimate of drug-likeness (QED) is 0.342. The topological polar surface area (TPSA) is 85.9 Å². The fourth-order valence-electron chi connectivity index (χ4n) is 2.68. The van der Waals surface area contributed by atoms with Gasteiger partial charge in [0.1, 0.15) is 17.4 Å². The predicted octanol–water partition coefficient (Wildman–Crippen LogP) is 5.26. The molecule has 1 N–H and O–H groups in total. The van der Waals surface area contributed by atoms with E-state index in [0.29, 0.717) is 36.4 Å². The van der Waals surface area contributed by atoms with Gasteiger partial charge >= 0.3 is 0 Å². The van der Waals surface area contributed by atoms with E-state index in [-0.39, 0.29) is 5.57 Å². The summed E-state index contributed by atoms with van der Waals surface area (Å²) < 4.78 is 5.60. The van der Waals surface area contributed by atoms with Crippen LogP contribution in [0.2, 0.25) is 0 Å². The lowest BCUT2D eigenvalue weighted by molar-refractivity contribution is -0.112. The first kappa shape index (κ1) is 21.7. The van der Waals surface area contributed by atoms with Crippen LogP contribution in [-0.4, -0.2) is 12.5 Å². The van der Waals surface area contributed by atoms with E-state index in [2.05, 4.69) is 18.3 Å². The SMILES string of the molecule is CCCCc1ccc(NC(=O)/C(C#N)=C\c2cccc(OCCCC#N)c2)cc1. The second-order valence-electron chi connectivity index (χ2n) is 6.61. The van der Waals surface area contributed by atoms with Crippen molar-refractivity contribution in [1.29, 1.82) is 10.5 Å². The fraction of sp³-hybridized carbons (Fsp3) is 0.292. The molecular weight excluding hydrogens is 362 g/mol. The lowest BCUT2D eigenvalue weighted by atomic mass is 10.1. The molecule has 0 aliphatic carbocycles. The third kappa shape index (κ3) is 7.52. The van der Waals surface area contributed by atoms with E-state index in [9.17, 15) is 10.1 Å². The summed E-state index contributed by atoms with van der Waals surface area (Å²) in [5, 5.41) is 20.7. The number of nitrogens with zero attached hydrogens (tertiary/aromatic N) is 2. The van der Waals surface area contributed by atoms with Crippen LogP contribution in [0.4, 0.5) is 5.69 Å². The molecule has 0 spiro atoms. The highest BCUT2D eigenvalue weighted by molar-refractivity contribution is 6.09. The summed E-state index contributed by atoms with van der Waals surface area (Å²) in [6, 6.07) is 18.9. The van der Waals surface area contributed by atoms with E-state index in [4.69, 9.17) is 10.00 Å². The molecule has 0 saturated heterocycles. The molecule has 0 saturated carbocycles. The van der Waals surface area contributed by atoms with Crippen LogP contribution < -0.4 is 10.1 Å². The zero-order valence-electron chi connectivity index (χ0n) is 16.6. The summed E-state index contributed by atoms with van der Waals surface area (Å²) in [4.78, 5) is 12.5. The van der Waals surface area contributed by atoms with Gasteiger partial charge in [0.05, 0.1) is 12.7 Å². The Morgan fingerprint density at radius 1 is 1.14 bits per heavy atom. The summed E-state index contributed by atoms with van der Waals surface area (Å²) >= 11 is 0. The Balaban J connectivity index is 2.02. The summed E-state index contributed by atoms with van der Waals surface area (Å²) in [6.07, 6.45) is 5.92. The molecule has 0 unspecified atom stereocenters. The second kappa shape index (κ2) is 12.0. The monoisotopic (exact) mass is 387 g/mol. The van der Waals surface area contributed by atoms with Crippen LogP contribution in [0.15, 0.2) is 54.1 Å².